The molecule has 2 aliphatic rings. The highest BCUT2D eigenvalue weighted by molar-refractivity contribution is 6.03. The van der Waals surface area contributed by atoms with Crippen molar-refractivity contribution in [2.24, 2.45) is 5.92 Å². The van der Waals surface area contributed by atoms with E-state index in [1.807, 2.05) is 44.2 Å². The molecule has 218 valence electrons. The molecule has 0 saturated heterocycles. The minimum atomic E-state index is -4.69. The molecule has 2 heterocycles. The summed E-state index contributed by atoms with van der Waals surface area (Å²) < 4.78 is 41.8. The van der Waals surface area contributed by atoms with Crippen LogP contribution >= 0.6 is 0 Å². The van der Waals surface area contributed by atoms with Gasteiger partial charge in [0.05, 0.1) is 29.4 Å². The first-order valence-corrected chi connectivity index (χ1v) is 13.7. The Balaban J connectivity index is 1.62. The standard InChI is InChI=1S/C31H35F3N4O3/c1-4-17-37-25-19-38(24(18-20(2)3)28(39)35-16-10-13-21-11-6-5-7-12-21)29(40)26(25)27(36-30(37)41)22-14-8-9-15-23(22)31(32,33)34/h4-9,11-12,14-15,20,24,27H,1,10,13,16-19H2,2-3H3,(H,35,39)(H,36,41)/t24-,27-/m1/s1. The summed E-state index contributed by atoms with van der Waals surface area (Å²) in [5.74, 6) is -0.853. The number of alkyl halides is 3. The number of hydrogen-bond donors (Lipinski definition) is 2. The molecule has 2 aromatic rings. The summed E-state index contributed by atoms with van der Waals surface area (Å²) in [5.41, 5.74) is 0.312. The Morgan fingerprint density at radius 1 is 1.12 bits per heavy atom. The van der Waals surface area contributed by atoms with E-state index in [1.165, 1.54) is 34.1 Å². The predicted octanol–water partition coefficient (Wildman–Crippen LogP) is 5.22. The number of nitrogens with one attached hydrogen (secondary N) is 2. The summed E-state index contributed by atoms with van der Waals surface area (Å²) in [7, 11) is 0. The zero-order valence-corrected chi connectivity index (χ0v) is 23.2. The third kappa shape index (κ3) is 6.64. The fourth-order valence-corrected chi connectivity index (χ4v) is 5.42. The Morgan fingerprint density at radius 2 is 1.80 bits per heavy atom. The van der Waals surface area contributed by atoms with Crippen molar-refractivity contribution in [1.82, 2.24) is 20.4 Å². The van der Waals surface area contributed by atoms with E-state index in [0.29, 0.717) is 19.4 Å². The van der Waals surface area contributed by atoms with Gasteiger partial charge in [0.2, 0.25) is 5.91 Å². The van der Waals surface area contributed by atoms with Crippen molar-refractivity contribution in [3.8, 4) is 0 Å². The van der Waals surface area contributed by atoms with Crippen molar-refractivity contribution >= 4 is 17.8 Å². The Bertz CT molecular complexity index is 1320. The highest BCUT2D eigenvalue weighted by atomic mass is 19.4. The zero-order chi connectivity index (χ0) is 29.7. The lowest BCUT2D eigenvalue weighted by Gasteiger charge is -2.33. The van der Waals surface area contributed by atoms with E-state index in [0.717, 1.165) is 18.1 Å². The van der Waals surface area contributed by atoms with Gasteiger partial charge in [0.1, 0.15) is 6.04 Å². The molecule has 2 aliphatic heterocycles. The van der Waals surface area contributed by atoms with Crippen LogP contribution in [0.1, 0.15) is 49.4 Å². The Hall–Kier alpha value is -4.08. The second-order valence-electron chi connectivity index (χ2n) is 10.7. The van der Waals surface area contributed by atoms with Crippen LogP contribution in [0.2, 0.25) is 0 Å². The molecule has 0 aliphatic carbocycles. The summed E-state index contributed by atoms with van der Waals surface area (Å²) in [6.07, 6.45) is -1.38. The molecule has 41 heavy (non-hydrogen) atoms. The monoisotopic (exact) mass is 568 g/mol. The van der Waals surface area contributed by atoms with Crippen molar-refractivity contribution in [1.29, 1.82) is 0 Å². The number of halogens is 3. The highest BCUT2D eigenvalue weighted by Gasteiger charge is 2.48. The molecule has 0 unspecified atom stereocenters. The Kier molecular flexibility index (Phi) is 9.20. The number of hydrogen-bond acceptors (Lipinski definition) is 3. The number of rotatable bonds is 11. The summed E-state index contributed by atoms with van der Waals surface area (Å²) in [6.45, 7) is 7.92. The van der Waals surface area contributed by atoms with Gasteiger partial charge in [-0.25, -0.2) is 4.79 Å². The second-order valence-corrected chi connectivity index (χ2v) is 10.7. The Morgan fingerprint density at radius 3 is 2.46 bits per heavy atom. The van der Waals surface area contributed by atoms with Gasteiger partial charge < -0.3 is 15.5 Å². The average Bonchev–Trinajstić information content (AvgIpc) is 3.27. The van der Waals surface area contributed by atoms with E-state index < -0.39 is 35.8 Å². The van der Waals surface area contributed by atoms with Gasteiger partial charge >= 0.3 is 12.2 Å². The zero-order valence-electron chi connectivity index (χ0n) is 23.2. The third-order valence-corrected chi connectivity index (χ3v) is 7.30. The number of urea groups is 1. The van der Waals surface area contributed by atoms with Gasteiger partial charge in [0.15, 0.2) is 0 Å². The topological polar surface area (TPSA) is 81.8 Å². The van der Waals surface area contributed by atoms with Gasteiger partial charge in [0, 0.05) is 13.1 Å². The fourth-order valence-electron chi connectivity index (χ4n) is 5.42. The maximum Gasteiger partial charge on any atom is 0.416 e. The molecule has 7 nitrogen and oxygen atoms in total. The lowest BCUT2D eigenvalue weighted by atomic mass is 9.91. The first-order valence-electron chi connectivity index (χ1n) is 13.7. The molecule has 10 heteroatoms. The lowest BCUT2D eigenvalue weighted by molar-refractivity contribution is -0.139. The van der Waals surface area contributed by atoms with Crippen LogP contribution in [-0.4, -0.2) is 53.3 Å². The molecule has 4 amide bonds. The van der Waals surface area contributed by atoms with Crippen molar-refractivity contribution in [2.45, 2.75) is 51.4 Å². The van der Waals surface area contributed by atoms with Crippen LogP contribution in [0.15, 0.2) is 78.5 Å². The molecular weight excluding hydrogens is 533 g/mol. The van der Waals surface area contributed by atoms with Crippen molar-refractivity contribution in [2.75, 3.05) is 19.6 Å². The SMILES string of the molecule is C=CCN1C(=O)N[C@H](c2ccccc2C(F)(F)F)C2=C1CN([C@H](CC(C)C)C(=O)NCCCc1ccccc1)C2=O. The van der Waals surface area contributed by atoms with Crippen LogP contribution in [0.25, 0.3) is 0 Å². The molecule has 0 bridgehead atoms. The number of amides is 4. The van der Waals surface area contributed by atoms with Crippen LogP contribution in [0.5, 0.6) is 0 Å². The van der Waals surface area contributed by atoms with Crippen LogP contribution in [0, 0.1) is 5.92 Å². The predicted molar refractivity (Wildman–Crippen MR) is 149 cm³/mol. The number of nitrogens with zero attached hydrogens (tertiary/aromatic N) is 2. The molecule has 0 aromatic heterocycles. The molecule has 0 spiro atoms. The molecular formula is C31H35F3N4O3. The van der Waals surface area contributed by atoms with Crippen molar-refractivity contribution in [3.05, 3.63) is 95.2 Å². The van der Waals surface area contributed by atoms with Gasteiger partial charge in [-0.2, -0.15) is 13.2 Å². The maximum absolute atomic E-state index is 14.0. The molecule has 2 aromatic carbocycles. The third-order valence-electron chi connectivity index (χ3n) is 7.30. The summed E-state index contributed by atoms with van der Waals surface area (Å²) >= 11 is 0. The van der Waals surface area contributed by atoms with E-state index in [2.05, 4.69) is 17.2 Å². The van der Waals surface area contributed by atoms with Gasteiger partial charge in [-0.1, -0.05) is 68.5 Å². The van der Waals surface area contributed by atoms with Gasteiger partial charge in [-0.15, -0.1) is 6.58 Å². The molecule has 0 radical (unpaired) electrons. The van der Waals surface area contributed by atoms with Crippen molar-refractivity contribution in [3.63, 3.8) is 0 Å². The maximum atomic E-state index is 14.0. The van der Waals surface area contributed by atoms with E-state index in [9.17, 15) is 27.6 Å². The molecule has 4 rings (SSSR count). The number of carbonyl (C=O) groups is 3. The van der Waals surface area contributed by atoms with E-state index >= 15 is 0 Å². The number of carbonyl (C=O) groups excluding carboxylic acids is 3. The highest BCUT2D eigenvalue weighted by Crippen LogP contribution is 2.42. The minimum Gasteiger partial charge on any atom is -0.354 e. The first kappa shape index (κ1) is 29.9. The van der Waals surface area contributed by atoms with Crippen molar-refractivity contribution < 1.29 is 27.6 Å². The minimum absolute atomic E-state index is 0.0359. The molecule has 0 saturated carbocycles. The fraction of sp³-hybridized carbons (Fsp3) is 0.387. The van der Waals surface area contributed by atoms with E-state index in [1.54, 1.807) is 0 Å². The second kappa shape index (κ2) is 12.6. The number of benzene rings is 2. The largest absolute Gasteiger partial charge is 0.416 e. The number of aryl methyl sites for hydroxylation is 1. The summed E-state index contributed by atoms with van der Waals surface area (Å²) in [5, 5.41) is 5.54. The van der Waals surface area contributed by atoms with Crippen LogP contribution in [-0.2, 0) is 22.2 Å². The van der Waals surface area contributed by atoms with Crippen LogP contribution in [0.3, 0.4) is 0 Å². The first-order chi connectivity index (χ1) is 19.5. The normalized spacial score (nSPS) is 18.0. The van der Waals surface area contributed by atoms with E-state index in [4.69, 9.17) is 0 Å². The molecule has 2 atom stereocenters. The lowest BCUT2D eigenvalue weighted by Crippen LogP contribution is -2.49. The van der Waals surface area contributed by atoms with Gasteiger partial charge in [-0.05, 0) is 42.4 Å². The van der Waals surface area contributed by atoms with Gasteiger partial charge in [-0.3, -0.25) is 14.5 Å². The molecule has 0 fully saturated rings. The van der Waals surface area contributed by atoms with Crippen LogP contribution in [0.4, 0.5) is 18.0 Å². The summed E-state index contributed by atoms with van der Waals surface area (Å²) in [4.78, 5) is 43.2. The Labute approximate surface area is 238 Å². The average molecular weight is 569 g/mol. The van der Waals surface area contributed by atoms with E-state index in [-0.39, 0.29) is 41.7 Å². The smallest absolute Gasteiger partial charge is 0.354 e. The summed E-state index contributed by atoms with van der Waals surface area (Å²) in [6, 6.07) is 12.0. The van der Waals surface area contributed by atoms with Crippen LogP contribution < -0.4 is 10.6 Å². The van der Waals surface area contributed by atoms with Gasteiger partial charge in [0.25, 0.3) is 5.91 Å². The molecule has 2 N–H and O–H groups in total. The quantitative estimate of drug-likeness (QED) is 0.288.